The molecule has 29 heavy (non-hydrogen) atoms. The van der Waals surface area contributed by atoms with Crippen LogP contribution in [0, 0.1) is 5.92 Å². The summed E-state index contributed by atoms with van der Waals surface area (Å²) in [6, 6.07) is 15.1. The maximum absolute atomic E-state index is 12.4. The van der Waals surface area contributed by atoms with Crippen LogP contribution in [-0.2, 0) is 9.59 Å². The van der Waals surface area contributed by atoms with Gasteiger partial charge in [0, 0.05) is 36.6 Å². The van der Waals surface area contributed by atoms with Crippen LogP contribution in [0.5, 0.6) is 5.75 Å². The Morgan fingerprint density at radius 2 is 1.69 bits per heavy atom. The summed E-state index contributed by atoms with van der Waals surface area (Å²) in [6.07, 6.45) is 0. The molecule has 1 fully saturated rings. The zero-order chi connectivity index (χ0) is 20.8. The number of halogens is 1. The molecule has 0 saturated carbocycles. The SMILES string of the molecule is CC(C)C(=O)N1CCN(c2ccccc2NC(=O)COc2ccc(Br)cc2)CC1. The van der Waals surface area contributed by atoms with Crippen molar-refractivity contribution in [1.29, 1.82) is 0 Å². The van der Waals surface area contributed by atoms with E-state index in [1.807, 2.05) is 67.3 Å². The van der Waals surface area contributed by atoms with Gasteiger partial charge < -0.3 is 19.9 Å². The van der Waals surface area contributed by atoms with Crippen LogP contribution in [0.2, 0.25) is 0 Å². The van der Waals surface area contributed by atoms with Crippen molar-refractivity contribution in [3.63, 3.8) is 0 Å². The third-order valence-corrected chi connectivity index (χ3v) is 5.32. The molecule has 3 rings (SSSR count). The number of carbonyl (C=O) groups is 2. The Kier molecular flexibility index (Phi) is 7.14. The average molecular weight is 460 g/mol. The number of amides is 2. The zero-order valence-corrected chi connectivity index (χ0v) is 18.3. The normalized spacial score (nSPS) is 14.1. The maximum Gasteiger partial charge on any atom is 0.262 e. The van der Waals surface area contributed by atoms with Crippen LogP contribution in [-0.4, -0.2) is 49.5 Å². The lowest BCUT2D eigenvalue weighted by molar-refractivity contribution is -0.134. The number of ether oxygens (including phenoxy) is 1. The summed E-state index contributed by atoms with van der Waals surface area (Å²) in [4.78, 5) is 28.7. The van der Waals surface area contributed by atoms with Crippen molar-refractivity contribution < 1.29 is 14.3 Å². The first-order chi connectivity index (χ1) is 13.9. The van der Waals surface area contributed by atoms with Gasteiger partial charge in [0.15, 0.2) is 6.61 Å². The Morgan fingerprint density at radius 1 is 1.03 bits per heavy atom. The highest BCUT2D eigenvalue weighted by Gasteiger charge is 2.24. The fourth-order valence-electron chi connectivity index (χ4n) is 3.25. The number of nitrogens with one attached hydrogen (secondary N) is 1. The summed E-state index contributed by atoms with van der Waals surface area (Å²) in [5.74, 6) is 0.631. The Labute approximate surface area is 180 Å². The van der Waals surface area contributed by atoms with Gasteiger partial charge >= 0.3 is 0 Å². The lowest BCUT2D eigenvalue weighted by Crippen LogP contribution is -2.50. The topological polar surface area (TPSA) is 61.9 Å². The molecular weight excluding hydrogens is 434 g/mol. The van der Waals surface area contributed by atoms with Crippen molar-refractivity contribution in [2.24, 2.45) is 5.92 Å². The molecule has 0 unspecified atom stereocenters. The number of piperazine rings is 1. The van der Waals surface area contributed by atoms with Gasteiger partial charge in [-0.2, -0.15) is 0 Å². The minimum Gasteiger partial charge on any atom is -0.484 e. The lowest BCUT2D eigenvalue weighted by Gasteiger charge is -2.37. The van der Waals surface area contributed by atoms with Crippen LogP contribution in [0.3, 0.4) is 0 Å². The second-order valence-corrected chi connectivity index (χ2v) is 8.19. The van der Waals surface area contributed by atoms with E-state index in [2.05, 4.69) is 26.1 Å². The van der Waals surface area contributed by atoms with Crippen LogP contribution in [0.4, 0.5) is 11.4 Å². The van der Waals surface area contributed by atoms with Gasteiger partial charge in [-0.05, 0) is 36.4 Å². The van der Waals surface area contributed by atoms with E-state index in [0.717, 1.165) is 28.9 Å². The molecule has 1 aliphatic heterocycles. The largest absolute Gasteiger partial charge is 0.484 e. The van der Waals surface area contributed by atoms with Crippen molar-refractivity contribution >= 4 is 39.1 Å². The third kappa shape index (κ3) is 5.73. The number of benzene rings is 2. The first-order valence-electron chi connectivity index (χ1n) is 9.75. The van der Waals surface area contributed by atoms with E-state index in [0.29, 0.717) is 18.8 Å². The van der Waals surface area contributed by atoms with Gasteiger partial charge in [0.05, 0.1) is 11.4 Å². The number of carbonyl (C=O) groups excluding carboxylic acids is 2. The molecule has 0 atom stereocenters. The highest BCUT2D eigenvalue weighted by molar-refractivity contribution is 9.10. The Morgan fingerprint density at radius 3 is 2.34 bits per heavy atom. The van der Waals surface area contributed by atoms with Crippen LogP contribution in [0.25, 0.3) is 0 Å². The first kappa shape index (κ1) is 21.2. The van der Waals surface area contributed by atoms with Crippen LogP contribution in [0.15, 0.2) is 53.0 Å². The number of hydrogen-bond donors (Lipinski definition) is 1. The standard InChI is InChI=1S/C22H26BrN3O3/c1-16(2)22(28)26-13-11-25(12-14-26)20-6-4-3-5-19(20)24-21(27)15-29-18-9-7-17(23)8-10-18/h3-10,16H,11-15H2,1-2H3,(H,24,27). The molecule has 1 saturated heterocycles. The van der Waals surface area contributed by atoms with Gasteiger partial charge in [0.2, 0.25) is 5.91 Å². The number of anilines is 2. The van der Waals surface area contributed by atoms with Gasteiger partial charge in [-0.3, -0.25) is 9.59 Å². The predicted molar refractivity (Wildman–Crippen MR) is 118 cm³/mol. The molecule has 0 radical (unpaired) electrons. The monoisotopic (exact) mass is 459 g/mol. The molecule has 0 spiro atoms. The number of nitrogens with zero attached hydrogens (tertiary/aromatic N) is 2. The predicted octanol–water partition coefficient (Wildman–Crippen LogP) is 3.77. The van der Waals surface area contributed by atoms with Crippen molar-refractivity contribution in [3.8, 4) is 5.75 Å². The Hall–Kier alpha value is -2.54. The highest BCUT2D eigenvalue weighted by atomic mass is 79.9. The van der Waals surface area contributed by atoms with Crippen molar-refractivity contribution in [3.05, 3.63) is 53.0 Å². The average Bonchev–Trinajstić information content (AvgIpc) is 2.73. The number of rotatable bonds is 6. The number of para-hydroxylation sites is 2. The summed E-state index contributed by atoms with van der Waals surface area (Å²) < 4.78 is 6.51. The molecule has 2 aromatic rings. The fourth-order valence-corrected chi connectivity index (χ4v) is 3.52. The molecular formula is C22H26BrN3O3. The van der Waals surface area contributed by atoms with Crippen LogP contribution >= 0.6 is 15.9 Å². The van der Waals surface area contributed by atoms with E-state index >= 15 is 0 Å². The van der Waals surface area contributed by atoms with E-state index in [4.69, 9.17) is 4.74 Å². The Bertz CT molecular complexity index is 847. The fraction of sp³-hybridized carbons (Fsp3) is 0.364. The van der Waals surface area contributed by atoms with E-state index in [1.165, 1.54) is 0 Å². The van der Waals surface area contributed by atoms with Gasteiger partial charge in [0.1, 0.15) is 5.75 Å². The minimum absolute atomic E-state index is 0.0128. The minimum atomic E-state index is -0.214. The van der Waals surface area contributed by atoms with Gasteiger partial charge in [-0.25, -0.2) is 0 Å². The summed E-state index contributed by atoms with van der Waals surface area (Å²) in [6.45, 7) is 6.64. The summed E-state index contributed by atoms with van der Waals surface area (Å²) in [5.41, 5.74) is 1.71. The number of hydrogen-bond acceptors (Lipinski definition) is 4. The second kappa shape index (κ2) is 9.78. The maximum atomic E-state index is 12.4. The lowest BCUT2D eigenvalue weighted by atomic mass is 10.1. The van der Waals surface area contributed by atoms with E-state index in [9.17, 15) is 9.59 Å². The molecule has 7 heteroatoms. The van der Waals surface area contributed by atoms with E-state index < -0.39 is 0 Å². The molecule has 0 aliphatic carbocycles. The summed E-state index contributed by atoms with van der Waals surface area (Å²) in [7, 11) is 0. The molecule has 1 N–H and O–H groups in total. The van der Waals surface area contributed by atoms with Crippen molar-refractivity contribution in [1.82, 2.24) is 4.90 Å². The first-order valence-corrected chi connectivity index (χ1v) is 10.5. The molecule has 2 amide bonds. The molecule has 2 aromatic carbocycles. The van der Waals surface area contributed by atoms with E-state index in [1.54, 1.807) is 0 Å². The second-order valence-electron chi connectivity index (χ2n) is 7.27. The molecule has 1 heterocycles. The van der Waals surface area contributed by atoms with Crippen molar-refractivity contribution in [2.75, 3.05) is 43.0 Å². The van der Waals surface area contributed by atoms with Crippen LogP contribution in [0.1, 0.15) is 13.8 Å². The summed E-state index contributed by atoms with van der Waals surface area (Å²) >= 11 is 3.37. The molecule has 0 bridgehead atoms. The molecule has 1 aliphatic rings. The van der Waals surface area contributed by atoms with Gasteiger partial charge in [-0.15, -0.1) is 0 Å². The van der Waals surface area contributed by atoms with Crippen LogP contribution < -0.4 is 15.0 Å². The molecule has 6 nitrogen and oxygen atoms in total. The van der Waals surface area contributed by atoms with E-state index in [-0.39, 0.29) is 24.3 Å². The summed E-state index contributed by atoms with van der Waals surface area (Å²) in [5, 5.41) is 2.95. The molecule has 154 valence electrons. The van der Waals surface area contributed by atoms with Gasteiger partial charge in [-0.1, -0.05) is 41.9 Å². The Balaban J connectivity index is 1.58. The highest BCUT2D eigenvalue weighted by Crippen LogP contribution is 2.27. The van der Waals surface area contributed by atoms with Crippen molar-refractivity contribution in [2.45, 2.75) is 13.8 Å². The zero-order valence-electron chi connectivity index (χ0n) is 16.7. The quantitative estimate of drug-likeness (QED) is 0.713. The third-order valence-electron chi connectivity index (χ3n) is 4.79. The molecule has 0 aromatic heterocycles. The van der Waals surface area contributed by atoms with Gasteiger partial charge in [0.25, 0.3) is 5.91 Å². The smallest absolute Gasteiger partial charge is 0.262 e.